The van der Waals surface area contributed by atoms with Crippen LogP contribution in [0.1, 0.15) is 32.8 Å². The average Bonchev–Trinajstić information content (AvgIpc) is 2.50. The first-order valence-corrected chi connectivity index (χ1v) is 7.95. The molecular formula is C17H30N2O2. The molecule has 0 aliphatic rings. The van der Waals surface area contributed by atoms with E-state index >= 15 is 0 Å². The van der Waals surface area contributed by atoms with E-state index in [2.05, 4.69) is 30.6 Å². The van der Waals surface area contributed by atoms with Crippen LogP contribution in [0.3, 0.4) is 0 Å². The zero-order chi connectivity index (χ0) is 15.7. The molecule has 0 spiro atoms. The van der Waals surface area contributed by atoms with E-state index in [4.69, 9.17) is 4.74 Å². The molecule has 0 aromatic heterocycles. The topological polar surface area (TPSA) is 35.9 Å². The number of hydrogen-bond donors (Lipinski definition) is 1. The van der Waals surface area contributed by atoms with Gasteiger partial charge in [-0.25, -0.2) is 0 Å². The number of aromatic hydroxyl groups is 1. The van der Waals surface area contributed by atoms with E-state index in [-0.39, 0.29) is 5.75 Å². The molecule has 0 fully saturated rings. The maximum Gasteiger partial charge on any atom is 0.160 e. The van der Waals surface area contributed by atoms with Gasteiger partial charge in [-0.05, 0) is 56.8 Å². The first-order valence-electron chi connectivity index (χ1n) is 7.95. The molecule has 0 amide bonds. The Bertz CT molecular complexity index is 406. The second kappa shape index (κ2) is 9.64. The zero-order valence-corrected chi connectivity index (χ0v) is 13.9. The Hall–Kier alpha value is -1.26. The van der Waals surface area contributed by atoms with E-state index in [1.54, 1.807) is 13.2 Å². The normalized spacial score (nSPS) is 11.3. The highest BCUT2D eigenvalue weighted by atomic mass is 16.5. The summed E-state index contributed by atoms with van der Waals surface area (Å²) < 4.78 is 5.08. The summed E-state index contributed by atoms with van der Waals surface area (Å²) in [4.78, 5) is 4.86. The predicted molar refractivity (Wildman–Crippen MR) is 88.0 cm³/mol. The number of benzene rings is 1. The zero-order valence-electron chi connectivity index (χ0n) is 13.9. The van der Waals surface area contributed by atoms with Gasteiger partial charge in [-0.3, -0.25) is 4.90 Å². The first-order chi connectivity index (χ1) is 10.1. The summed E-state index contributed by atoms with van der Waals surface area (Å²) in [5.41, 5.74) is 1.12. The minimum atomic E-state index is 0.217. The molecule has 1 aromatic carbocycles. The third-order valence-corrected chi connectivity index (χ3v) is 3.94. The summed E-state index contributed by atoms with van der Waals surface area (Å²) in [5, 5.41) is 9.84. The molecule has 0 aliphatic heterocycles. The van der Waals surface area contributed by atoms with Crippen LogP contribution in [-0.2, 0) is 6.54 Å². The van der Waals surface area contributed by atoms with E-state index in [9.17, 15) is 5.11 Å². The number of methoxy groups -OCH3 is 1. The maximum absolute atomic E-state index is 9.84. The second-order valence-corrected chi connectivity index (χ2v) is 5.26. The Balaban J connectivity index is 2.48. The molecule has 0 unspecified atom stereocenters. The number of phenolic OH excluding ortho intramolecular Hbond substituents is 1. The Labute approximate surface area is 129 Å². The van der Waals surface area contributed by atoms with Crippen LogP contribution < -0.4 is 4.74 Å². The lowest BCUT2D eigenvalue weighted by Gasteiger charge is -2.23. The van der Waals surface area contributed by atoms with Gasteiger partial charge in [-0.1, -0.05) is 26.8 Å². The third kappa shape index (κ3) is 5.94. The van der Waals surface area contributed by atoms with Crippen molar-refractivity contribution in [1.82, 2.24) is 9.80 Å². The van der Waals surface area contributed by atoms with Crippen molar-refractivity contribution in [2.45, 2.75) is 33.7 Å². The first kappa shape index (κ1) is 17.8. The van der Waals surface area contributed by atoms with Gasteiger partial charge in [0.1, 0.15) is 0 Å². The Morgan fingerprint density at radius 3 is 2.14 bits per heavy atom. The van der Waals surface area contributed by atoms with Crippen LogP contribution in [0.5, 0.6) is 11.5 Å². The lowest BCUT2D eigenvalue weighted by atomic mass is 10.2. The molecule has 4 heteroatoms. The van der Waals surface area contributed by atoms with Crippen molar-refractivity contribution in [3.63, 3.8) is 0 Å². The average molecular weight is 294 g/mol. The number of rotatable bonds is 10. The van der Waals surface area contributed by atoms with Crippen molar-refractivity contribution in [2.75, 3.05) is 39.8 Å². The van der Waals surface area contributed by atoms with Gasteiger partial charge in [-0.15, -0.1) is 0 Å². The largest absolute Gasteiger partial charge is 0.504 e. The van der Waals surface area contributed by atoms with E-state index in [0.717, 1.165) is 44.8 Å². The van der Waals surface area contributed by atoms with Gasteiger partial charge in [0.2, 0.25) is 0 Å². The fraction of sp³-hybridized carbons (Fsp3) is 0.647. The summed E-state index contributed by atoms with van der Waals surface area (Å²) in [7, 11) is 1.57. The molecule has 1 rings (SSSR count). The van der Waals surface area contributed by atoms with Crippen molar-refractivity contribution in [3.05, 3.63) is 23.8 Å². The number of hydrogen-bond acceptors (Lipinski definition) is 4. The van der Waals surface area contributed by atoms with Crippen LogP contribution >= 0.6 is 0 Å². The van der Waals surface area contributed by atoms with Crippen LogP contribution in [0, 0.1) is 0 Å². The maximum atomic E-state index is 9.84. The molecule has 1 aromatic rings. The van der Waals surface area contributed by atoms with Gasteiger partial charge in [0.25, 0.3) is 0 Å². The minimum absolute atomic E-state index is 0.217. The molecule has 0 bridgehead atoms. The van der Waals surface area contributed by atoms with Crippen LogP contribution in [0.2, 0.25) is 0 Å². The smallest absolute Gasteiger partial charge is 0.160 e. The molecule has 0 heterocycles. The second-order valence-electron chi connectivity index (χ2n) is 5.26. The Morgan fingerprint density at radius 2 is 1.62 bits per heavy atom. The standard InChI is InChI=1S/C17H30N2O2/c1-5-18(6-2)11-8-12-19(7-3)14-15-9-10-17(21-4)16(20)13-15/h9-10,13,20H,5-8,11-12,14H2,1-4H3. The molecule has 0 saturated carbocycles. The molecule has 120 valence electrons. The van der Waals surface area contributed by atoms with Crippen molar-refractivity contribution in [3.8, 4) is 11.5 Å². The molecule has 0 radical (unpaired) electrons. The Morgan fingerprint density at radius 1 is 1.00 bits per heavy atom. The van der Waals surface area contributed by atoms with Gasteiger partial charge in [0.15, 0.2) is 11.5 Å². The highest BCUT2D eigenvalue weighted by molar-refractivity contribution is 5.41. The van der Waals surface area contributed by atoms with Crippen molar-refractivity contribution in [2.24, 2.45) is 0 Å². The SMILES string of the molecule is CCN(CC)CCCN(CC)Cc1ccc(OC)c(O)c1. The molecule has 21 heavy (non-hydrogen) atoms. The molecule has 0 aliphatic carbocycles. The van der Waals surface area contributed by atoms with Crippen LogP contribution in [0.15, 0.2) is 18.2 Å². The Kier molecular flexibility index (Phi) is 8.16. The minimum Gasteiger partial charge on any atom is -0.504 e. The van der Waals surface area contributed by atoms with Crippen molar-refractivity contribution in [1.29, 1.82) is 0 Å². The molecule has 0 saturated heterocycles. The summed E-state index contributed by atoms with van der Waals surface area (Å²) in [6.45, 7) is 13.0. The van der Waals surface area contributed by atoms with E-state index < -0.39 is 0 Å². The van der Waals surface area contributed by atoms with Crippen molar-refractivity contribution >= 4 is 0 Å². The van der Waals surface area contributed by atoms with Crippen LogP contribution in [0.25, 0.3) is 0 Å². The highest BCUT2D eigenvalue weighted by Gasteiger charge is 2.08. The molecular weight excluding hydrogens is 264 g/mol. The lowest BCUT2D eigenvalue weighted by Crippen LogP contribution is -2.29. The van der Waals surface area contributed by atoms with Gasteiger partial charge in [0, 0.05) is 6.54 Å². The van der Waals surface area contributed by atoms with Gasteiger partial charge in [0.05, 0.1) is 7.11 Å². The lowest BCUT2D eigenvalue weighted by molar-refractivity contribution is 0.238. The van der Waals surface area contributed by atoms with Crippen LogP contribution in [-0.4, -0.2) is 54.7 Å². The molecule has 1 N–H and O–H groups in total. The monoisotopic (exact) mass is 294 g/mol. The fourth-order valence-electron chi connectivity index (χ4n) is 2.50. The quantitative estimate of drug-likeness (QED) is 0.720. The fourth-order valence-corrected chi connectivity index (χ4v) is 2.50. The predicted octanol–water partition coefficient (Wildman–Crippen LogP) is 2.95. The van der Waals surface area contributed by atoms with E-state index in [1.807, 2.05) is 12.1 Å². The summed E-state index contributed by atoms with van der Waals surface area (Å²) in [5.74, 6) is 0.748. The van der Waals surface area contributed by atoms with Crippen LogP contribution in [0.4, 0.5) is 0 Å². The van der Waals surface area contributed by atoms with E-state index in [0.29, 0.717) is 5.75 Å². The molecule has 4 nitrogen and oxygen atoms in total. The van der Waals surface area contributed by atoms with Gasteiger partial charge >= 0.3 is 0 Å². The summed E-state index contributed by atoms with van der Waals surface area (Å²) in [6, 6.07) is 5.64. The molecule has 0 atom stereocenters. The number of phenols is 1. The van der Waals surface area contributed by atoms with Crippen molar-refractivity contribution < 1.29 is 9.84 Å². The summed E-state index contributed by atoms with van der Waals surface area (Å²) >= 11 is 0. The number of nitrogens with zero attached hydrogens (tertiary/aromatic N) is 2. The highest BCUT2D eigenvalue weighted by Crippen LogP contribution is 2.26. The van der Waals surface area contributed by atoms with Gasteiger partial charge in [-0.2, -0.15) is 0 Å². The van der Waals surface area contributed by atoms with Gasteiger partial charge < -0.3 is 14.7 Å². The number of ether oxygens (including phenoxy) is 1. The third-order valence-electron chi connectivity index (χ3n) is 3.94. The summed E-state index contributed by atoms with van der Waals surface area (Å²) in [6.07, 6.45) is 1.18. The van der Waals surface area contributed by atoms with E-state index in [1.165, 1.54) is 6.42 Å².